The molecule has 3 rings (SSSR count). The molecule has 4 nitrogen and oxygen atoms in total. The molecule has 1 unspecified atom stereocenters. The molecule has 2 heterocycles. The van der Waals surface area contributed by atoms with E-state index >= 15 is 0 Å². The Bertz CT molecular complexity index is 581. The number of nitrogens with zero attached hydrogens (tertiary/aromatic N) is 3. The van der Waals surface area contributed by atoms with Crippen molar-refractivity contribution >= 4 is 29.2 Å². The SMILES string of the molecule is Clc1cccc(CSC2CNCCN2c2cnccn2)c1. The summed E-state index contributed by atoms with van der Waals surface area (Å²) in [5.41, 5.74) is 1.25. The summed E-state index contributed by atoms with van der Waals surface area (Å²) in [4.78, 5) is 10.9. The van der Waals surface area contributed by atoms with Gasteiger partial charge in [-0.25, -0.2) is 4.98 Å². The highest BCUT2D eigenvalue weighted by Gasteiger charge is 2.23. The minimum absolute atomic E-state index is 0.356. The van der Waals surface area contributed by atoms with E-state index in [0.717, 1.165) is 36.2 Å². The number of aromatic nitrogens is 2. The molecule has 0 spiro atoms. The number of piperazine rings is 1. The third-order valence-corrected chi connectivity index (χ3v) is 4.91. The highest BCUT2D eigenvalue weighted by Crippen LogP contribution is 2.26. The van der Waals surface area contributed by atoms with Crippen LogP contribution >= 0.6 is 23.4 Å². The molecule has 1 N–H and O–H groups in total. The minimum atomic E-state index is 0.356. The topological polar surface area (TPSA) is 41.0 Å². The van der Waals surface area contributed by atoms with Gasteiger partial charge in [-0.15, -0.1) is 11.8 Å². The monoisotopic (exact) mass is 320 g/mol. The van der Waals surface area contributed by atoms with E-state index in [4.69, 9.17) is 11.6 Å². The zero-order chi connectivity index (χ0) is 14.5. The Kier molecular flexibility index (Phi) is 4.95. The molecule has 0 radical (unpaired) electrons. The molecular weight excluding hydrogens is 304 g/mol. The van der Waals surface area contributed by atoms with Gasteiger partial charge in [0.1, 0.15) is 5.82 Å². The zero-order valence-electron chi connectivity index (χ0n) is 11.6. The first-order valence-corrected chi connectivity index (χ1v) is 8.35. The van der Waals surface area contributed by atoms with Crippen LogP contribution in [0.5, 0.6) is 0 Å². The van der Waals surface area contributed by atoms with Gasteiger partial charge >= 0.3 is 0 Å². The number of anilines is 1. The average Bonchev–Trinajstić information content (AvgIpc) is 2.54. The fraction of sp³-hybridized carbons (Fsp3) is 0.333. The van der Waals surface area contributed by atoms with Gasteiger partial charge < -0.3 is 10.2 Å². The summed E-state index contributed by atoms with van der Waals surface area (Å²) < 4.78 is 0. The van der Waals surface area contributed by atoms with Gasteiger partial charge in [0.25, 0.3) is 0 Å². The quantitative estimate of drug-likeness (QED) is 0.938. The number of thioether (sulfide) groups is 1. The van der Waals surface area contributed by atoms with Crippen molar-refractivity contribution in [2.75, 3.05) is 24.5 Å². The van der Waals surface area contributed by atoms with Crippen molar-refractivity contribution in [3.05, 3.63) is 53.4 Å². The Morgan fingerprint density at radius 1 is 1.38 bits per heavy atom. The average molecular weight is 321 g/mol. The summed E-state index contributed by atoms with van der Waals surface area (Å²) in [7, 11) is 0. The fourth-order valence-electron chi connectivity index (χ4n) is 2.35. The maximum absolute atomic E-state index is 6.04. The second-order valence-electron chi connectivity index (χ2n) is 4.86. The lowest BCUT2D eigenvalue weighted by molar-refractivity contribution is 0.559. The Morgan fingerprint density at radius 3 is 3.14 bits per heavy atom. The van der Waals surface area contributed by atoms with E-state index in [2.05, 4.69) is 26.3 Å². The van der Waals surface area contributed by atoms with E-state index in [1.54, 1.807) is 12.4 Å². The number of hydrogen-bond donors (Lipinski definition) is 1. The van der Waals surface area contributed by atoms with E-state index in [-0.39, 0.29) is 0 Å². The maximum atomic E-state index is 6.04. The Labute approximate surface area is 133 Å². The Balaban J connectivity index is 1.67. The fourth-order valence-corrected chi connectivity index (χ4v) is 3.76. The number of nitrogens with one attached hydrogen (secondary N) is 1. The van der Waals surface area contributed by atoms with E-state index < -0.39 is 0 Å². The predicted molar refractivity (Wildman–Crippen MR) is 88.8 cm³/mol. The second-order valence-corrected chi connectivity index (χ2v) is 6.46. The van der Waals surface area contributed by atoms with Crippen LogP contribution in [0.25, 0.3) is 0 Å². The van der Waals surface area contributed by atoms with Crippen molar-refractivity contribution in [3.63, 3.8) is 0 Å². The smallest absolute Gasteiger partial charge is 0.148 e. The minimum Gasteiger partial charge on any atom is -0.341 e. The highest BCUT2D eigenvalue weighted by molar-refractivity contribution is 7.99. The van der Waals surface area contributed by atoms with E-state index in [9.17, 15) is 0 Å². The number of benzene rings is 1. The third-order valence-electron chi connectivity index (χ3n) is 3.37. The molecule has 1 aromatic heterocycles. The number of halogens is 1. The van der Waals surface area contributed by atoms with Gasteiger partial charge in [0.05, 0.1) is 11.6 Å². The van der Waals surface area contributed by atoms with Crippen molar-refractivity contribution < 1.29 is 0 Å². The second kappa shape index (κ2) is 7.11. The number of rotatable bonds is 4. The molecule has 1 aliphatic heterocycles. The Morgan fingerprint density at radius 2 is 2.33 bits per heavy atom. The molecule has 0 aliphatic carbocycles. The van der Waals surface area contributed by atoms with Crippen molar-refractivity contribution in [2.45, 2.75) is 11.1 Å². The summed E-state index contributed by atoms with van der Waals surface area (Å²) in [5.74, 6) is 1.88. The molecular formula is C15H17ClN4S. The highest BCUT2D eigenvalue weighted by atomic mass is 35.5. The molecule has 21 heavy (non-hydrogen) atoms. The van der Waals surface area contributed by atoms with Crippen LogP contribution in [0.3, 0.4) is 0 Å². The first-order chi connectivity index (χ1) is 10.3. The van der Waals surface area contributed by atoms with Gasteiger partial charge in [0.15, 0.2) is 0 Å². The van der Waals surface area contributed by atoms with E-state index in [1.807, 2.05) is 36.2 Å². The molecule has 1 aromatic carbocycles. The lowest BCUT2D eigenvalue weighted by atomic mass is 10.2. The van der Waals surface area contributed by atoms with Gasteiger partial charge in [-0.3, -0.25) is 4.98 Å². The summed E-state index contributed by atoms with van der Waals surface area (Å²) >= 11 is 7.94. The standard InChI is InChI=1S/C15H17ClN4S/c16-13-3-1-2-12(8-13)11-21-15-10-18-6-7-20(15)14-9-17-4-5-19-14/h1-5,8-9,15,18H,6-7,10-11H2. The largest absolute Gasteiger partial charge is 0.341 e. The van der Waals surface area contributed by atoms with Crippen molar-refractivity contribution in [1.82, 2.24) is 15.3 Å². The zero-order valence-corrected chi connectivity index (χ0v) is 13.1. The normalized spacial score (nSPS) is 18.7. The molecule has 6 heteroatoms. The van der Waals surface area contributed by atoms with Gasteiger partial charge in [0.2, 0.25) is 0 Å². The van der Waals surface area contributed by atoms with Gasteiger partial charge in [-0.2, -0.15) is 0 Å². The molecule has 2 aromatic rings. The van der Waals surface area contributed by atoms with Crippen LogP contribution in [-0.2, 0) is 5.75 Å². The van der Waals surface area contributed by atoms with Crippen LogP contribution in [-0.4, -0.2) is 35.0 Å². The third kappa shape index (κ3) is 3.87. The summed E-state index contributed by atoms with van der Waals surface area (Å²) in [6.45, 7) is 2.87. The molecule has 0 saturated carbocycles. The van der Waals surface area contributed by atoms with Gasteiger partial charge in [-0.1, -0.05) is 23.7 Å². The van der Waals surface area contributed by atoms with Crippen LogP contribution in [0, 0.1) is 0 Å². The summed E-state index contributed by atoms with van der Waals surface area (Å²) in [6.07, 6.45) is 5.29. The molecule has 1 aliphatic rings. The van der Waals surface area contributed by atoms with Crippen molar-refractivity contribution in [2.24, 2.45) is 0 Å². The first kappa shape index (κ1) is 14.6. The van der Waals surface area contributed by atoms with Crippen molar-refractivity contribution in [3.8, 4) is 0 Å². The van der Waals surface area contributed by atoms with Crippen LogP contribution in [0.2, 0.25) is 5.02 Å². The molecule has 1 fully saturated rings. The van der Waals surface area contributed by atoms with Crippen LogP contribution in [0.15, 0.2) is 42.9 Å². The van der Waals surface area contributed by atoms with Crippen LogP contribution in [0.4, 0.5) is 5.82 Å². The van der Waals surface area contributed by atoms with Crippen LogP contribution in [0.1, 0.15) is 5.56 Å². The molecule has 110 valence electrons. The summed E-state index contributed by atoms with van der Waals surface area (Å²) in [6, 6.07) is 8.04. The van der Waals surface area contributed by atoms with E-state index in [1.165, 1.54) is 5.56 Å². The maximum Gasteiger partial charge on any atom is 0.148 e. The van der Waals surface area contributed by atoms with Gasteiger partial charge in [0, 0.05) is 42.8 Å². The van der Waals surface area contributed by atoms with E-state index in [0.29, 0.717) is 5.37 Å². The number of hydrogen-bond acceptors (Lipinski definition) is 5. The lowest BCUT2D eigenvalue weighted by Crippen LogP contribution is -2.50. The van der Waals surface area contributed by atoms with Crippen LogP contribution < -0.4 is 10.2 Å². The Hall–Kier alpha value is -1.30. The molecule has 0 bridgehead atoms. The summed E-state index contributed by atoms with van der Waals surface area (Å²) in [5, 5.41) is 4.59. The lowest BCUT2D eigenvalue weighted by Gasteiger charge is -2.36. The molecule has 0 amide bonds. The van der Waals surface area contributed by atoms with Gasteiger partial charge in [-0.05, 0) is 17.7 Å². The first-order valence-electron chi connectivity index (χ1n) is 6.92. The molecule has 1 saturated heterocycles. The van der Waals surface area contributed by atoms with Crippen molar-refractivity contribution in [1.29, 1.82) is 0 Å². The predicted octanol–water partition coefficient (Wildman–Crippen LogP) is 2.80. The molecule has 1 atom stereocenters.